The number of benzene rings is 1. The number of nitrogens with zero attached hydrogens (tertiary/aromatic N) is 2. The van der Waals surface area contributed by atoms with Crippen LogP contribution >= 0.6 is 0 Å². The molecule has 2 rings (SSSR count). The molecular formula is C14H18N4O. The molecule has 0 aliphatic carbocycles. The number of imidazole rings is 1. The van der Waals surface area contributed by atoms with Crippen LogP contribution in [-0.4, -0.2) is 21.5 Å². The number of aromatic nitrogens is 2. The smallest absolute Gasteiger partial charge is 0.241 e. The van der Waals surface area contributed by atoms with E-state index < -0.39 is 6.04 Å². The van der Waals surface area contributed by atoms with Crippen molar-refractivity contribution >= 4 is 11.6 Å². The Bertz CT molecular complexity index is 548. The number of hydrogen-bond donors (Lipinski definition) is 2. The van der Waals surface area contributed by atoms with Crippen molar-refractivity contribution in [2.75, 3.05) is 5.32 Å². The molecule has 1 atom stereocenters. The molecule has 3 N–H and O–H groups in total. The van der Waals surface area contributed by atoms with Crippen molar-refractivity contribution in [3.8, 4) is 5.69 Å². The SMILES string of the molecule is CC(C)C(N)C(=O)Nc1ccccc1-n1ccnc1. The molecule has 2 aromatic rings. The molecule has 0 saturated carbocycles. The number of hydrogen-bond acceptors (Lipinski definition) is 3. The number of carbonyl (C=O) groups is 1. The quantitative estimate of drug-likeness (QED) is 0.878. The van der Waals surface area contributed by atoms with E-state index in [2.05, 4.69) is 10.3 Å². The summed E-state index contributed by atoms with van der Waals surface area (Å²) >= 11 is 0. The molecule has 0 saturated heterocycles. The van der Waals surface area contributed by atoms with Gasteiger partial charge in [-0.05, 0) is 18.1 Å². The van der Waals surface area contributed by atoms with E-state index in [4.69, 9.17) is 5.73 Å². The summed E-state index contributed by atoms with van der Waals surface area (Å²) < 4.78 is 1.84. The zero-order valence-electron chi connectivity index (χ0n) is 11.1. The third-order valence-electron chi connectivity index (χ3n) is 2.97. The van der Waals surface area contributed by atoms with Gasteiger partial charge < -0.3 is 15.6 Å². The molecule has 0 spiro atoms. The van der Waals surface area contributed by atoms with Crippen LogP contribution in [0.1, 0.15) is 13.8 Å². The summed E-state index contributed by atoms with van der Waals surface area (Å²) in [4.78, 5) is 16.0. The van der Waals surface area contributed by atoms with Crippen molar-refractivity contribution in [2.24, 2.45) is 11.7 Å². The van der Waals surface area contributed by atoms with Gasteiger partial charge in [0.2, 0.25) is 5.91 Å². The van der Waals surface area contributed by atoms with Gasteiger partial charge in [-0.3, -0.25) is 4.79 Å². The first kappa shape index (κ1) is 13.3. The lowest BCUT2D eigenvalue weighted by Gasteiger charge is -2.17. The predicted octanol–water partition coefficient (Wildman–Crippen LogP) is 1.79. The highest BCUT2D eigenvalue weighted by Gasteiger charge is 2.18. The van der Waals surface area contributed by atoms with Gasteiger partial charge in [0.25, 0.3) is 0 Å². The van der Waals surface area contributed by atoms with Gasteiger partial charge in [0.15, 0.2) is 0 Å². The molecule has 1 unspecified atom stereocenters. The third-order valence-corrected chi connectivity index (χ3v) is 2.97. The maximum Gasteiger partial charge on any atom is 0.241 e. The summed E-state index contributed by atoms with van der Waals surface area (Å²) in [7, 11) is 0. The van der Waals surface area contributed by atoms with Gasteiger partial charge in [-0.2, -0.15) is 0 Å². The van der Waals surface area contributed by atoms with Gasteiger partial charge in [-0.15, -0.1) is 0 Å². The maximum atomic E-state index is 12.0. The summed E-state index contributed by atoms with van der Waals surface area (Å²) in [6.45, 7) is 3.85. The Morgan fingerprint density at radius 1 is 1.37 bits per heavy atom. The molecule has 0 radical (unpaired) electrons. The molecule has 100 valence electrons. The molecule has 0 aliphatic rings. The molecule has 1 aromatic carbocycles. The molecule has 0 fully saturated rings. The lowest BCUT2D eigenvalue weighted by Crippen LogP contribution is -2.39. The number of anilines is 1. The molecule has 19 heavy (non-hydrogen) atoms. The highest BCUT2D eigenvalue weighted by molar-refractivity contribution is 5.96. The summed E-state index contributed by atoms with van der Waals surface area (Å²) in [5.41, 5.74) is 7.43. The van der Waals surface area contributed by atoms with Gasteiger partial charge in [0.05, 0.1) is 23.7 Å². The standard InChI is InChI=1S/C14H18N4O/c1-10(2)13(15)14(19)17-11-5-3-4-6-12(11)18-8-7-16-9-18/h3-10,13H,15H2,1-2H3,(H,17,19). The van der Waals surface area contributed by atoms with Gasteiger partial charge in [-0.25, -0.2) is 4.98 Å². The highest BCUT2D eigenvalue weighted by atomic mass is 16.2. The lowest BCUT2D eigenvalue weighted by atomic mass is 10.0. The number of rotatable bonds is 4. The van der Waals surface area contributed by atoms with Crippen LogP contribution in [0.15, 0.2) is 43.0 Å². The van der Waals surface area contributed by atoms with Crippen molar-refractivity contribution in [3.05, 3.63) is 43.0 Å². The monoisotopic (exact) mass is 258 g/mol. The minimum Gasteiger partial charge on any atom is -0.323 e. The van der Waals surface area contributed by atoms with Crippen molar-refractivity contribution in [1.82, 2.24) is 9.55 Å². The van der Waals surface area contributed by atoms with E-state index in [1.54, 1.807) is 12.5 Å². The fraction of sp³-hybridized carbons (Fsp3) is 0.286. The molecule has 5 nitrogen and oxygen atoms in total. The molecule has 1 aromatic heterocycles. The van der Waals surface area contributed by atoms with E-state index in [0.717, 1.165) is 11.4 Å². The Morgan fingerprint density at radius 3 is 2.74 bits per heavy atom. The Morgan fingerprint density at radius 2 is 2.11 bits per heavy atom. The fourth-order valence-corrected chi connectivity index (χ4v) is 1.72. The van der Waals surface area contributed by atoms with Crippen LogP contribution in [0.5, 0.6) is 0 Å². The first-order chi connectivity index (χ1) is 9.09. The molecule has 0 bridgehead atoms. The zero-order chi connectivity index (χ0) is 13.8. The van der Waals surface area contributed by atoms with E-state index in [-0.39, 0.29) is 11.8 Å². The minimum atomic E-state index is -0.518. The Balaban J connectivity index is 2.24. The first-order valence-electron chi connectivity index (χ1n) is 6.23. The summed E-state index contributed by atoms with van der Waals surface area (Å²) in [5.74, 6) is -0.0806. The second-order valence-electron chi connectivity index (χ2n) is 4.75. The zero-order valence-corrected chi connectivity index (χ0v) is 11.1. The number of nitrogens with one attached hydrogen (secondary N) is 1. The molecular weight excluding hydrogens is 240 g/mol. The van der Waals surface area contributed by atoms with Crippen LogP contribution in [0.25, 0.3) is 5.69 Å². The largest absolute Gasteiger partial charge is 0.323 e. The number of carbonyl (C=O) groups excluding carboxylic acids is 1. The predicted molar refractivity (Wildman–Crippen MR) is 75.0 cm³/mol. The van der Waals surface area contributed by atoms with E-state index >= 15 is 0 Å². The van der Waals surface area contributed by atoms with Crippen molar-refractivity contribution < 1.29 is 4.79 Å². The third kappa shape index (κ3) is 3.00. The van der Waals surface area contributed by atoms with Gasteiger partial charge in [-0.1, -0.05) is 26.0 Å². The topological polar surface area (TPSA) is 72.9 Å². The minimum absolute atomic E-state index is 0.0976. The maximum absolute atomic E-state index is 12.0. The number of para-hydroxylation sites is 2. The highest BCUT2D eigenvalue weighted by Crippen LogP contribution is 2.20. The van der Waals surface area contributed by atoms with Crippen LogP contribution in [0.2, 0.25) is 0 Å². The van der Waals surface area contributed by atoms with E-state index in [0.29, 0.717) is 0 Å². The molecule has 5 heteroatoms. The van der Waals surface area contributed by atoms with E-state index in [1.165, 1.54) is 0 Å². The molecule has 1 heterocycles. The second-order valence-corrected chi connectivity index (χ2v) is 4.75. The molecule has 1 amide bonds. The second kappa shape index (κ2) is 5.67. The summed E-state index contributed by atoms with van der Waals surface area (Å²) in [5, 5.41) is 2.87. The van der Waals surface area contributed by atoms with E-state index in [1.807, 2.05) is 48.9 Å². The van der Waals surface area contributed by atoms with Crippen molar-refractivity contribution in [3.63, 3.8) is 0 Å². The summed E-state index contributed by atoms with van der Waals surface area (Å²) in [6.07, 6.45) is 5.21. The van der Waals surface area contributed by atoms with Crippen LogP contribution < -0.4 is 11.1 Å². The number of amides is 1. The van der Waals surface area contributed by atoms with Gasteiger partial charge in [0, 0.05) is 12.4 Å². The van der Waals surface area contributed by atoms with Gasteiger partial charge >= 0.3 is 0 Å². The van der Waals surface area contributed by atoms with Crippen molar-refractivity contribution in [1.29, 1.82) is 0 Å². The van der Waals surface area contributed by atoms with Crippen LogP contribution in [-0.2, 0) is 4.79 Å². The van der Waals surface area contributed by atoms with Crippen LogP contribution in [0.4, 0.5) is 5.69 Å². The van der Waals surface area contributed by atoms with E-state index in [9.17, 15) is 4.79 Å². The van der Waals surface area contributed by atoms with Crippen molar-refractivity contribution in [2.45, 2.75) is 19.9 Å². The Labute approximate surface area is 112 Å². The first-order valence-corrected chi connectivity index (χ1v) is 6.23. The lowest BCUT2D eigenvalue weighted by molar-refractivity contribution is -0.118. The normalized spacial score (nSPS) is 12.4. The average molecular weight is 258 g/mol. The summed E-state index contributed by atoms with van der Waals surface area (Å²) in [6, 6.07) is 7.03. The van der Waals surface area contributed by atoms with Gasteiger partial charge in [0.1, 0.15) is 0 Å². The molecule has 0 aliphatic heterocycles. The van der Waals surface area contributed by atoms with Crippen LogP contribution in [0.3, 0.4) is 0 Å². The van der Waals surface area contributed by atoms with Crippen LogP contribution in [0, 0.1) is 5.92 Å². The Kier molecular flexibility index (Phi) is 3.97. The number of nitrogens with two attached hydrogens (primary N) is 1. The Hall–Kier alpha value is -2.14. The fourth-order valence-electron chi connectivity index (χ4n) is 1.72. The average Bonchev–Trinajstić information content (AvgIpc) is 2.92.